The molecule has 30 heavy (non-hydrogen) atoms. The van der Waals surface area contributed by atoms with E-state index in [-0.39, 0.29) is 18.1 Å². The lowest BCUT2D eigenvalue weighted by Gasteiger charge is -2.09. The van der Waals surface area contributed by atoms with Crippen molar-refractivity contribution in [2.24, 2.45) is 0 Å². The Balaban J connectivity index is 1.88. The van der Waals surface area contributed by atoms with Gasteiger partial charge in [-0.05, 0) is 12.1 Å². The molecule has 0 N–H and O–H groups in total. The summed E-state index contributed by atoms with van der Waals surface area (Å²) in [5.74, 6) is 0.0671. The van der Waals surface area contributed by atoms with Gasteiger partial charge in [-0.3, -0.25) is 14.9 Å². The number of carbonyl (C=O) groups excluding carboxylic acids is 1. The molecule has 0 amide bonds. The summed E-state index contributed by atoms with van der Waals surface area (Å²) in [5, 5.41) is 17.0. The van der Waals surface area contributed by atoms with Crippen molar-refractivity contribution in [1.29, 1.82) is 0 Å². The van der Waals surface area contributed by atoms with E-state index >= 15 is 0 Å². The van der Waals surface area contributed by atoms with Crippen molar-refractivity contribution >= 4 is 34.3 Å². The molecule has 1 aliphatic heterocycles. The number of esters is 1. The number of nitro groups is 1. The Hall–Kier alpha value is -2.95. The van der Waals surface area contributed by atoms with Gasteiger partial charge in [0.2, 0.25) is 6.29 Å². The first-order chi connectivity index (χ1) is 14.6. The third kappa shape index (κ3) is 4.02. The molecule has 0 saturated carbocycles. The normalized spacial score (nSPS) is 14.3. The number of hydrogen-bond acceptors (Lipinski definition) is 8. The van der Waals surface area contributed by atoms with Crippen molar-refractivity contribution in [3.63, 3.8) is 0 Å². The monoisotopic (exact) mass is 429 g/mol. The van der Waals surface area contributed by atoms with Crippen molar-refractivity contribution in [2.45, 2.75) is 17.6 Å². The van der Waals surface area contributed by atoms with Gasteiger partial charge < -0.3 is 14.2 Å². The average Bonchev–Trinajstić information content (AvgIpc) is 3.42. The van der Waals surface area contributed by atoms with Crippen LogP contribution in [0, 0.1) is 10.1 Å². The standard InChI is InChI=1S/C20H19N3O6S/c1-27-17(24)7-10-30-16-12-14(23(25)26)11-15-18(16)19(20-28-8-9-29-20)21-22(15)13-5-3-2-4-6-13/h2-6,11-12,20H,7-10H2,1H3. The van der Waals surface area contributed by atoms with E-state index in [2.05, 4.69) is 4.74 Å². The fraction of sp³-hybridized carbons (Fsp3) is 0.300. The predicted octanol–water partition coefficient (Wildman–Crippen LogP) is 3.63. The van der Waals surface area contributed by atoms with Crippen LogP contribution in [0.2, 0.25) is 0 Å². The zero-order valence-electron chi connectivity index (χ0n) is 16.1. The number of non-ortho nitro benzene ring substituents is 1. The van der Waals surface area contributed by atoms with Crippen LogP contribution in [0.5, 0.6) is 0 Å². The SMILES string of the molecule is COC(=O)CCSc1cc([N+](=O)[O-])cc2c1c(C1OCCO1)nn2-c1ccccc1. The van der Waals surface area contributed by atoms with Crippen LogP contribution in [0.3, 0.4) is 0 Å². The molecule has 1 aliphatic rings. The van der Waals surface area contributed by atoms with E-state index in [1.165, 1.54) is 31.0 Å². The van der Waals surface area contributed by atoms with Crippen LogP contribution in [0.1, 0.15) is 18.4 Å². The minimum atomic E-state index is -0.654. The first-order valence-electron chi connectivity index (χ1n) is 9.28. The van der Waals surface area contributed by atoms with Gasteiger partial charge >= 0.3 is 5.97 Å². The van der Waals surface area contributed by atoms with Gasteiger partial charge in [0.05, 0.1) is 42.9 Å². The van der Waals surface area contributed by atoms with Crippen molar-refractivity contribution in [1.82, 2.24) is 9.78 Å². The maximum absolute atomic E-state index is 11.6. The van der Waals surface area contributed by atoms with E-state index < -0.39 is 11.2 Å². The molecule has 3 aromatic rings. The van der Waals surface area contributed by atoms with Crippen LogP contribution in [-0.2, 0) is 19.0 Å². The minimum Gasteiger partial charge on any atom is -0.469 e. The highest BCUT2D eigenvalue weighted by molar-refractivity contribution is 7.99. The molecule has 0 radical (unpaired) electrons. The van der Waals surface area contributed by atoms with Crippen LogP contribution in [0.15, 0.2) is 47.4 Å². The second kappa shape index (κ2) is 8.82. The first-order valence-corrected chi connectivity index (χ1v) is 10.3. The molecule has 2 aromatic carbocycles. The van der Waals surface area contributed by atoms with E-state index in [1.807, 2.05) is 30.3 Å². The predicted molar refractivity (Wildman–Crippen MR) is 110 cm³/mol. The molecule has 9 nitrogen and oxygen atoms in total. The summed E-state index contributed by atoms with van der Waals surface area (Å²) in [7, 11) is 1.33. The van der Waals surface area contributed by atoms with Gasteiger partial charge in [-0.25, -0.2) is 4.68 Å². The fourth-order valence-corrected chi connectivity index (χ4v) is 4.28. The van der Waals surface area contributed by atoms with Crippen LogP contribution in [-0.4, -0.2) is 46.7 Å². The molecule has 2 heterocycles. The smallest absolute Gasteiger partial charge is 0.306 e. The zero-order chi connectivity index (χ0) is 21.1. The molecule has 0 aliphatic carbocycles. The summed E-state index contributed by atoms with van der Waals surface area (Å²) in [6.07, 6.45) is -0.469. The third-order valence-corrected chi connectivity index (χ3v) is 5.65. The zero-order valence-corrected chi connectivity index (χ0v) is 17.0. The number of methoxy groups -OCH3 is 1. The molecule has 1 saturated heterocycles. The van der Waals surface area contributed by atoms with Gasteiger partial charge in [0.1, 0.15) is 5.69 Å². The number of aromatic nitrogens is 2. The number of nitrogens with zero attached hydrogens (tertiary/aromatic N) is 3. The van der Waals surface area contributed by atoms with Crippen LogP contribution < -0.4 is 0 Å². The number of fused-ring (bicyclic) bond motifs is 1. The van der Waals surface area contributed by atoms with Gasteiger partial charge in [0, 0.05) is 28.2 Å². The Bertz CT molecular complexity index is 1080. The highest BCUT2D eigenvalue weighted by atomic mass is 32.2. The lowest BCUT2D eigenvalue weighted by molar-refractivity contribution is -0.384. The van der Waals surface area contributed by atoms with Gasteiger partial charge in [-0.15, -0.1) is 11.8 Å². The Kier molecular flexibility index (Phi) is 5.98. The lowest BCUT2D eigenvalue weighted by Crippen LogP contribution is -2.02. The van der Waals surface area contributed by atoms with E-state index in [0.717, 1.165) is 5.69 Å². The van der Waals surface area contributed by atoms with Crippen molar-refractivity contribution < 1.29 is 23.9 Å². The Morgan fingerprint density at radius 2 is 2.03 bits per heavy atom. The van der Waals surface area contributed by atoms with Gasteiger partial charge in [-0.2, -0.15) is 5.10 Å². The quantitative estimate of drug-likeness (QED) is 0.243. The molecular formula is C20H19N3O6S. The topological polar surface area (TPSA) is 106 Å². The Morgan fingerprint density at radius 1 is 1.30 bits per heavy atom. The molecule has 10 heteroatoms. The number of hydrogen-bond donors (Lipinski definition) is 0. The van der Waals surface area contributed by atoms with Crippen LogP contribution >= 0.6 is 11.8 Å². The van der Waals surface area contributed by atoms with Crippen LogP contribution in [0.4, 0.5) is 5.69 Å². The number of ether oxygens (including phenoxy) is 3. The molecule has 1 aromatic heterocycles. The van der Waals surface area contributed by atoms with Gasteiger partial charge in [-0.1, -0.05) is 18.2 Å². The number of nitro benzene ring substituents is 1. The maximum Gasteiger partial charge on any atom is 0.306 e. The number of thioether (sulfide) groups is 1. The Labute approximate surface area is 176 Å². The molecule has 0 bridgehead atoms. The summed E-state index contributed by atoms with van der Waals surface area (Å²) in [5.41, 5.74) is 1.84. The number of benzene rings is 2. The maximum atomic E-state index is 11.6. The molecule has 4 rings (SSSR count). The summed E-state index contributed by atoms with van der Waals surface area (Å²) in [6, 6.07) is 12.4. The average molecular weight is 429 g/mol. The van der Waals surface area contributed by atoms with E-state index in [1.54, 1.807) is 4.68 Å². The lowest BCUT2D eigenvalue weighted by atomic mass is 10.1. The van der Waals surface area contributed by atoms with Crippen molar-refractivity contribution in [2.75, 3.05) is 26.1 Å². The molecule has 1 fully saturated rings. The first kappa shape index (κ1) is 20.3. The number of para-hydroxylation sites is 1. The molecule has 0 unspecified atom stereocenters. The highest BCUT2D eigenvalue weighted by Crippen LogP contribution is 2.39. The van der Waals surface area contributed by atoms with Crippen molar-refractivity contribution in [3.05, 3.63) is 58.3 Å². The van der Waals surface area contributed by atoms with Gasteiger partial charge in [0.25, 0.3) is 5.69 Å². The number of rotatable bonds is 7. The third-order valence-electron chi connectivity index (χ3n) is 4.61. The minimum absolute atomic E-state index is 0.0556. The van der Waals surface area contributed by atoms with E-state index in [9.17, 15) is 14.9 Å². The van der Waals surface area contributed by atoms with Crippen molar-refractivity contribution in [3.8, 4) is 5.69 Å². The molecule has 156 valence electrons. The second-order valence-electron chi connectivity index (χ2n) is 6.48. The molecule has 0 spiro atoms. The molecule has 0 atom stereocenters. The number of carbonyl (C=O) groups is 1. The summed E-state index contributed by atoms with van der Waals surface area (Å²) >= 11 is 1.34. The van der Waals surface area contributed by atoms with Gasteiger partial charge in [0.15, 0.2) is 0 Å². The Morgan fingerprint density at radius 3 is 2.70 bits per heavy atom. The fourth-order valence-electron chi connectivity index (χ4n) is 3.24. The van der Waals surface area contributed by atoms with Crippen LogP contribution in [0.25, 0.3) is 16.6 Å². The second-order valence-corrected chi connectivity index (χ2v) is 7.61. The van der Waals surface area contributed by atoms with E-state index in [4.69, 9.17) is 14.6 Å². The largest absolute Gasteiger partial charge is 0.469 e. The summed E-state index contributed by atoms with van der Waals surface area (Å²) in [6.45, 7) is 0.893. The molecular weight excluding hydrogens is 410 g/mol. The summed E-state index contributed by atoms with van der Waals surface area (Å²) in [4.78, 5) is 23.3. The van der Waals surface area contributed by atoms with E-state index in [0.29, 0.717) is 40.5 Å². The highest BCUT2D eigenvalue weighted by Gasteiger charge is 2.29. The summed E-state index contributed by atoms with van der Waals surface area (Å²) < 4.78 is 17.7.